The van der Waals surface area contributed by atoms with Gasteiger partial charge in [0.1, 0.15) is 0 Å². The van der Waals surface area contributed by atoms with Gasteiger partial charge in [0.05, 0.1) is 6.54 Å². The van der Waals surface area contributed by atoms with Gasteiger partial charge in [-0.1, -0.05) is 0 Å². The monoisotopic (exact) mass is 184 g/mol. The molecule has 0 aliphatic rings. The van der Waals surface area contributed by atoms with Crippen LogP contribution in [0.4, 0.5) is 13.2 Å². The lowest BCUT2D eigenvalue weighted by atomic mass is 10.3. The molecule has 0 radical (unpaired) electrons. The van der Waals surface area contributed by atoms with Crippen LogP contribution in [0.5, 0.6) is 0 Å². The molecule has 0 rings (SSSR count). The lowest BCUT2D eigenvalue weighted by Gasteiger charge is -2.21. The van der Waals surface area contributed by atoms with Crippen LogP contribution in [0.25, 0.3) is 0 Å². The molecule has 0 bridgehead atoms. The van der Waals surface area contributed by atoms with E-state index in [-0.39, 0.29) is 6.04 Å². The molecule has 2 nitrogen and oxygen atoms in total. The molecule has 74 valence electrons. The van der Waals surface area contributed by atoms with Crippen LogP contribution in [0, 0.1) is 0 Å². The zero-order valence-corrected chi connectivity index (χ0v) is 7.57. The smallest absolute Gasteiger partial charge is 0.316 e. The first-order chi connectivity index (χ1) is 5.35. The van der Waals surface area contributed by atoms with Crippen LogP contribution in [-0.2, 0) is 0 Å². The summed E-state index contributed by atoms with van der Waals surface area (Å²) in [6.45, 7) is 1.39. The molecule has 0 aliphatic heterocycles. The average Bonchev–Trinajstić information content (AvgIpc) is 1.82. The third-order valence-electron chi connectivity index (χ3n) is 1.53. The van der Waals surface area contributed by atoms with Gasteiger partial charge < -0.3 is 5.32 Å². The van der Waals surface area contributed by atoms with Gasteiger partial charge in [-0.15, -0.1) is 0 Å². The molecule has 0 saturated carbocycles. The van der Waals surface area contributed by atoms with E-state index in [1.165, 1.54) is 11.9 Å². The van der Waals surface area contributed by atoms with Gasteiger partial charge in [-0.3, -0.25) is 4.90 Å². The normalized spacial score (nSPS) is 15.2. The Morgan fingerprint density at radius 3 is 2.25 bits per heavy atom. The lowest BCUT2D eigenvalue weighted by Crippen LogP contribution is -2.39. The van der Waals surface area contributed by atoms with E-state index in [9.17, 15) is 13.2 Å². The lowest BCUT2D eigenvalue weighted by molar-refractivity contribution is -0.143. The van der Waals surface area contributed by atoms with Crippen molar-refractivity contribution in [2.24, 2.45) is 0 Å². The van der Waals surface area contributed by atoms with Crippen molar-refractivity contribution < 1.29 is 13.2 Å². The maximum absolute atomic E-state index is 11.8. The molecule has 5 heteroatoms. The molecule has 0 spiro atoms. The number of hydrogen-bond donors (Lipinski definition) is 1. The van der Waals surface area contributed by atoms with Crippen LogP contribution in [0.2, 0.25) is 0 Å². The van der Waals surface area contributed by atoms with Crippen LogP contribution in [0.15, 0.2) is 0 Å². The molecular formula is C7H15F3N2. The average molecular weight is 184 g/mol. The summed E-state index contributed by atoms with van der Waals surface area (Å²) < 4.78 is 35.4. The molecule has 0 aromatic carbocycles. The van der Waals surface area contributed by atoms with Crippen molar-refractivity contribution in [3.63, 3.8) is 0 Å². The SMILES string of the molecule is CNC(C)CN(C)CC(F)(F)F. The quantitative estimate of drug-likeness (QED) is 0.703. The van der Waals surface area contributed by atoms with E-state index in [1.54, 1.807) is 7.05 Å². The van der Waals surface area contributed by atoms with Crippen LogP contribution in [0.3, 0.4) is 0 Å². The first-order valence-corrected chi connectivity index (χ1v) is 3.77. The number of likely N-dealkylation sites (N-methyl/N-ethyl adjacent to an activating group) is 2. The van der Waals surface area contributed by atoms with Crippen molar-refractivity contribution in [2.45, 2.75) is 19.1 Å². The fourth-order valence-corrected chi connectivity index (χ4v) is 0.929. The predicted molar refractivity (Wildman–Crippen MR) is 42.1 cm³/mol. The maximum Gasteiger partial charge on any atom is 0.401 e. The third kappa shape index (κ3) is 6.42. The molecular weight excluding hydrogens is 169 g/mol. The molecule has 0 fully saturated rings. The molecule has 0 aromatic heterocycles. The van der Waals surface area contributed by atoms with Gasteiger partial charge >= 0.3 is 6.18 Å². The molecule has 0 heterocycles. The van der Waals surface area contributed by atoms with E-state index in [1.807, 2.05) is 6.92 Å². The topological polar surface area (TPSA) is 15.3 Å². The van der Waals surface area contributed by atoms with Gasteiger partial charge in [-0.2, -0.15) is 13.2 Å². The summed E-state index contributed by atoms with van der Waals surface area (Å²) in [6, 6.07) is 0.0809. The van der Waals surface area contributed by atoms with Gasteiger partial charge in [0.25, 0.3) is 0 Å². The van der Waals surface area contributed by atoms with E-state index in [0.717, 1.165) is 0 Å². The molecule has 0 aliphatic carbocycles. The zero-order valence-electron chi connectivity index (χ0n) is 7.57. The molecule has 0 saturated heterocycles. The van der Waals surface area contributed by atoms with Crippen molar-refractivity contribution in [1.82, 2.24) is 10.2 Å². The predicted octanol–water partition coefficient (Wildman–Crippen LogP) is 1.09. The van der Waals surface area contributed by atoms with E-state index < -0.39 is 12.7 Å². The zero-order chi connectivity index (χ0) is 9.78. The molecule has 1 unspecified atom stereocenters. The summed E-state index contributed by atoms with van der Waals surface area (Å²) in [5.41, 5.74) is 0. The Balaban J connectivity index is 3.66. The van der Waals surface area contributed by atoms with Crippen LogP contribution in [-0.4, -0.2) is 44.3 Å². The molecule has 1 atom stereocenters. The summed E-state index contributed by atoms with van der Waals surface area (Å²) in [7, 11) is 3.19. The van der Waals surface area contributed by atoms with Crippen LogP contribution >= 0.6 is 0 Å². The minimum atomic E-state index is -4.10. The Hall–Kier alpha value is -0.290. The number of alkyl halides is 3. The fourth-order valence-electron chi connectivity index (χ4n) is 0.929. The number of rotatable bonds is 4. The Labute approximate surface area is 70.7 Å². The second kappa shape index (κ2) is 4.67. The first kappa shape index (κ1) is 11.7. The maximum atomic E-state index is 11.8. The molecule has 12 heavy (non-hydrogen) atoms. The minimum Gasteiger partial charge on any atom is -0.316 e. The Morgan fingerprint density at radius 1 is 1.42 bits per heavy atom. The van der Waals surface area contributed by atoms with Gasteiger partial charge in [0.2, 0.25) is 0 Å². The van der Waals surface area contributed by atoms with Gasteiger partial charge in [0, 0.05) is 12.6 Å². The summed E-state index contributed by atoms with van der Waals surface area (Å²) in [5.74, 6) is 0. The molecule has 1 N–H and O–H groups in total. The first-order valence-electron chi connectivity index (χ1n) is 3.77. The third-order valence-corrected chi connectivity index (χ3v) is 1.53. The standard InChI is InChI=1S/C7H15F3N2/c1-6(11-2)4-12(3)5-7(8,9)10/h6,11H,4-5H2,1-3H3. The molecule has 0 aromatic rings. The number of halogens is 3. The summed E-state index contributed by atoms with van der Waals surface area (Å²) in [4.78, 5) is 1.25. The Bertz CT molecular complexity index is 124. The minimum absolute atomic E-state index is 0.0809. The number of nitrogens with one attached hydrogen (secondary N) is 1. The van der Waals surface area contributed by atoms with Gasteiger partial charge in [-0.25, -0.2) is 0 Å². The highest BCUT2D eigenvalue weighted by atomic mass is 19.4. The Morgan fingerprint density at radius 2 is 1.92 bits per heavy atom. The van der Waals surface area contributed by atoms with E-state index >= 15 is 0 Å². The molecule has 0 amide bonds. The summed E-state index contributed by atoms with van der Waals surface area (Å²) in [6.07, 6.45) is -4.10. The highest BCUT2D eigenvalue weighted by Crippen LogP contribution is 2.15. The van der Waals surface area contributed by atoms with Crippen molar-refractivity contribution in [3.8, 4) is 0 Å². The second-order valence-corrected chi connectivity index (χ2v) is 3.00. The fraction of sp³-hybridized carbons (Fsp3) is 1.00. The Kier molecular flexibility index (Phi) is 4.55. The van der Waals surface area contributed by atoms with E-state index in [2.05, 4.69) is 5.32 Å². The van der Waals surface area contributed by atoms with Crippen molar-refractivity contribution >= 4 is 0 Å². The largest absolute Gasteiger partial charge is 0.401 e. The highest BCUT2D eigenvalue weighted by Gasteiger charge is 2.29. The number of nitrogens with zero attached hydrogens (tertiary/aromatic N) is 1. The van der Waals surface area contributed by atoms with Crippen LogP contribution < -0.4 is 5.32 Å². The van der Waals surface area contributed by atoms with E-state index in [0.29, 0.717) is 6.54 Å². The van der Waals surface area contributed by atoms with Crippen LogP contribution in [0.1, 0.15) is 6.92 Å². The second-order valence-electron chi connectivity index (χ2n) is 3.00. The van der Waals surface area contributed by atoms with Gasteiger partial charge in [-0.05, 0) is 21.0 Å². The van der Waals surface area contributed by atoms with Gasteiger partial charge in [0.15, 0.2) is 0 Å². The van der Waals surface area contributed by atoms with Crippen molar-refractivity contribution in [2.75, 3.05) is 27.2 Å². The number of hydrogen-bond acceptors (Lipinski definition) is 2. The summed E-state index contributed by atoms with van der Waals surface area (Å²) >= 11 is 0. The summed E-state index contributed by atoms with van der Waals surface area (Å²) in [5, 5.41) is 2.87. The van der Waals surface area contributed by atoms with Crippen molar-refractivity contribution in [3.05, 3.63) is 0 Å². The van der Waals surface area contributed by atoms with Crippen molar-refractivity contribution in [1.29, 1.82) is 0 Å². The highest BCUT2D eigenvalue weighted by molar-refractivity contribution is 4.65. The van der Waals surface area contributed by atoms with E-state index in [4.69, 9.17) is 0 Å².